The Bertz CT molecular complexity index is 488. The molecule has 0 aromatic carbocycles. The Morgan fingerprint density at radius 1 is 0.463 bits per heavy atom. The Hall–Kier alpha value is 0.259. The van der Waals surface area contributed by atoms with Gasteiger partial charge in [0.2, 0.25) is 0 Å². The van der Waals surface area contributed by atoms with Gasteiger partial charge in [0.1, 0.15) is 0 Å². The SMILES string of the molecule is CC(C)CCCCCOC(=O)CS.CC(C)CCCCCOC(=O)CS.CC(C)CCCCCOC(=O)CS.[CH3][Sn]. The molecule has 0 aliphatic carbocycles. The monoisotopic (exact) mass is 747 g/mol. The van der Waals surface area contributed by atoms with Crippen molar-refractivity contribution in [3.05, 3.63) is 0 Å². The standard InChI is InChI=1S/3C10H20O2S.CH3.Sn/c3*1-9(2)6-4-3-5-7-12-10(11)8-13;;/h3*9,13H,3-8H2,1-2H3;1H3;. The van der Waals surface area contributed by atoms with E-state index in [2.05, 4.69) is 84.4 Å². The summed E-state index contributed by atoms with van der Waals surface area (Å²) in [5.74, 6) is 2.25. The third-order valence-electron chi connectivity index (χ3n) is 5.45. The number of carbonyl (C=O) groups is 3. The van der Waals surface area contributed by atoms with Crippen LogP contribution >= 0.6 is 37.9 Å². The molecule has 245 valence electrons. The quantitative estimate of drug-likeness (QED) is 0.0362. The summed E-state index contributed by atoms with van der Waals surface area (Å²) in [6.45, 7) is 15.0. The third kappa shape index (κ3) is 53.3. The van der Waals surface area contributed by atoms with Crippen LogP contribution in [0.4, 0.5) is 0 Å². The summed E-state index contributed by atoms with van der Waals surface area (Å²) < 4.78 is 14.6. The van der Waals surface area contributed by atoms with Crippen molar-refractivity contribution < 1.29 is 28.6 Å². The number of rotatable bonds is 21. The van der Waals surface area contributed by atoms with E-state index >= 15 is 0 Å². The summed E-state index contributed by atoms with van der Waals surface area (Å²) in [6, 6.07) is 0. The van der Waals surface area contributed by atoms with E-state index in [9.17, 15) is 14.4 Å². The zero-order valence-corrected chi connectivity index (χ0v) is 32.8. The van der Waals surface area contributed by atoms with E-state index in [1.54, 1.807) is 22.5 Å². The van der Waals surface area contributed by atoms with Crippen LogP contribution in [0, 0.1) is 17.8 Å². The van der Waals surface area contributed by atoms with Crippen molar-refractivity contribution in [3.8, 4) is 0 Å². The van der Waals surface area contributed by atoms with Gasteiger partial charge in [-0.05, 0) is 37.0 Å². The Morgan fingerprint density at radius 2 is 0.683 bits per heavy atom. The number of hydrogen-bond acceptors (Lipinski definition) is 9. The molecule has 6 nitrogen and oxygen atoms in total. The van der Waals surface area contributed by atoms with Crippen LogP contribution in [-0.4, -0.2) is 77.5 Å². The molecule has 0 heterocycles. The zero-order valence-electron chi connectivity index (χ0n) is 27.3. The van der Waals surface area contributed by atoms with E-state index in [1.807, 2.05) is 0 Å². The van der Waals surface area contributed by atoms with Gasteiger partial charge in [0.25, 0.3) is 0 Å². The van der Waals surface area contributed by atoms with Crippen molar-refractivity contribution in [2.45, 2.75) is 124 Å². The molecule has 10 heteroatoms. The van der Waals surface area contributed by atoms with E-state index in [0.717, 1.165) is 56.3 Å². The molecule has 0 spiro atoms. The van der Waals surface area contributed by atoms with Crippen LogP contribution in [0.25, 0.3) is 0 Å². The summed E-state index contributed by atoms with van der Waals surface area (Å²) >= 11 is 13.0. The molecule has 0 N–H and O–H groups in total. The van der Waals surface area contributed by atoms with Gasteiger partial charge in [0.15, 0.2) is 0 Å². The normalized spacial score (nSPS) is 10.1. The van der Waals surface area contributed by atoms with Gasteiger partial charge in [0.05, 0.1) is 37.1 Å². The third-order valence-corrected chi connectivity index (χ3v) is 6.23. The fourth-order valence-corrected chi connectivity index (χ4v) is 3.46. The first kappa shape index (κ1) is 48.2. The fraction of sp³-hybridized carbons (Fsp3) is 0.903. The van der Waals surface area contributed by atoms with Crippen LogP contribution in [0.15, 0.2) is 0 Å². The minimum absolute atomic E-state index is 0.187. The van der Waals surface area contributed by atoms with E-state index in [-0.39, 0.29) is 35.2 Å². The molecule has 0 atom stereocenters. The Labute approximate surface area is 283 Å². The van der Waals surface area contributed by atoms with Gasteiger partial charge in [-0.25, -0.2) is 0 Å². The van der Waals surface area contributed by atoms with Crippen molar-refractivity contribution in [1.29, 1.82) is 0 Å². The molecule has 0 aliphatic rings. The van der Waals surface area contributed by atoms with Crippen LogP contribution in [-0.2, 0) is 28.6 Å². The average molecular weight is 747 g/mol. The number of ether oxygens (including phenoxy) is 3. The van der Waals surface area contributed by atoms with Crippen LogP contribution in [0.1, 0.15) is 119 Å². The average Bonchev–Trinajstić information content (AvgIpc) is 2.95. The molecule has 0 aliphatic heterocycles. The molecule has 0 saturated carbocycles. The first-order valence-electron chi connectivity index (χ1n) is 15.3. The summed E-state index contributed by atoms with van der Waals surface area (Å²) in [5, 5.41) is 0. The number of carbonyl (C=O) groups excluding carboxylic acids is 3. The molecule has 0 saturated heterocycles. The number of hydrogen-bond donors (Lipinski definition) is 3. The molecule has 0 amide bonds. The van der Waals surface area contributed by atoms with Crippen molar-refractivity contribution in [2.75, 3.05) is 37.1 Å². The Morgan fingerprint density at radius 3 is 0.854 bits per heavy atom. The summed E-state index contributed by atoms with van der Waals surface area (Å²) in [4.78, 5) is 34.1. The first-order chi connectivity index (χ1) is 19.5. The molecule has 41 heavy (non-hydrogen) atoms. The predicted molar refractivity (Wildman–Crippen MR) is 186 cm³/mol. The van der Waals surface area contributed by atoms with Crippen LogP contribution in [0.3, 0.4) is 0 Å². The summed E-state index contributed by atoms with van der Waals surface area (Å²) in [7, 11) is 0. The molecule has 0 aromatic heterocycles. The Balaban J connectivity index is -0.000000243. The molecule has 0 fully saturated rings. The molecule has 0 aromatic rings. The van der Waals surface area contributed by atoms with Crippen molar-refractivity contribution in [2.24, 2.45) is 17.8 Å². The van der Waals surface area contributed by atoms with Gasteiger partial charge in [-0.2, -0.15) is 37.9 Å². The molecule has 0 unspecified atom stereocenters. The number of unbranched alkanes of at least 4 members (excludes halogenated alkanes) is 6. The summed E-state index contributed by atoms with van der Waals surface area (Å²) in [5.41, 5.74) is 0. The topological polar surface area (TPSA) is 78.9 Å². The van der Waals surface area contributed by atoms with Gasteiger partial charge in [-0.1, -0.05) is 99.3 Å². The van der Waals surface area contributed by atoms with Gasteiger partial charge in [-0.15, -0.1) is 0 Å². The molecular formula is C31H63O6S3Sn. The van der Waals surface area contributed by atoms with Gasteiger partial charge in [-0.3, -0.25) is 14.4 Å². The minimum atomic E-state index is -0.216. The second-order valence-corrected chi connectivity index (χ2v) is 11.8. The van der Waals surface area contributed by atoms with E-state index in [0.29, 0.717) is 19.8 Å². The van der Waals surface area contributed by atoms with Gasteiger partial charge in [0, 0.05) is 0 Å². The van der Waals surface area contributed by atoms with Gasteiger partial charge >= 0.3 is 45.4 Å². The van der Waals surface area contributed by atoms with E-state index in [4.69, 9.17) is 14.2 Å². The molecular weight excluding hydrogens is 683 g/mol. The maximum atomic E-state index is 10.7. The zero-order chi connectivity index (χ0) is 32.3. The molecule has 0 bridgehead atoms. The fourth-order valence-electron chi connectivity index (χ4n) is 3.19. The number of esters is 3. The van der Waals surface area contributed by atoms with Crippen molar-refractivity contribution >= 4 is 78.3 Å². The molecule has 0 rings (SSSR count). The summed E-state index contributed by atoms with van der Waals surface area (Å²) in [6.07, 6.45) is 13.9. The molecule has 3 radical (unpaired) electrons. The van der Waals surface area contributed by atoms with Crippen LogP contribution in [0.5, 0.6) is 0 Å². The van der Waals surface area contributed by atoms with Crippen LogP contribution < -0.4 is 0 Å². The maximum absolute atomic E-state index is 10.7. The van der Waals surface area contributed by atoms with Crippen molar-refractivity contribution in [1.82, 2.24) is 0 Å². The second kappa shape index (κ2) is 40.3. The van der Waals surface area contributed by atoms with E-state index in [1.165, 1.54) is 38.5 Å². The van der Waals surface area contributed by atoms with Crippen LogP contribution in [0.2, 0.25) is 4.94 Å². The first-order valence-corrected chi connectivity index (χ1v) is 20.0. The number of thiol groups is 3. The Kier molecular flexibility index (Phi) is 47.3. The van der Waals surface area contributed by atoms with E-state index < -0.39 is 0 Å². The second-order valence-electron chi connectivity index (χ2n) is 10.9. The van der Waals surface area contributed by atoms with Crippen molar-refractivity contribution in [3.63, 3.8) is 0 Å². The predicted octanol–water partition coefficient (Wildman–Crippen LogP) is 8.23. The van der Waals surface area contributed by atoms with Gasteiger partial charge < -0.3 is 14.2 Å².